The van der Waals surface area contributed by atoms with Crippen LogP contribution in [0.15, 0.2) is 22.7 Å². The van der Waals surface area contributed by atoms with Gasteiger partial charge in [-0.2, -0.15) is 0 Å². The van der Waals surface area contributed by atoms with Gasteiger partial charge in [0.25, 0.3) is 0 Å². The zero-order valence-corrected chi connectivity index (χ0v) is 10.9. The van der Waals surface area contributed by atoms with E-state index in [1.807, 2.05) is 6.92 Å². The highest BCUT2D eigenvalue weighted by molar-refractivity contribution is 9.10. The normalized spacial score (nSPS) is 10.8. The second-order valence-corrected chi connectivity index (χ2v) is 4.52. The van der Waals surface area contributed by atoms with Crippen molar-refractivity contribution in [3.63, 3.8) is 0 Å². The quantitative estimate of drug-likeness (QED) is 0.946. The molecule has 1 aromatic carbocycles. The number of rotatable bonds is 3. The van der Waals surface area contributed by atoms with E-state index in [2.05, 4.69) is 26.2 Å². The Kier molecular flexibility index (Phi) is 3.42. The Bertz CT molecular complexity index is 538. The maximum atomic E-state index is 13.0. The maximum absolute atomic E-state index is 13.0. The Hall–Kier alpha value is -1.43. The lowest BCUT2D eigenvalue weighted by atomic mass is 10.2. The van der Waals surface area contributed by atoms with E-state index in [-0.39, 0.29) is 5.82 Å². The molecule has 2 aromatic rings. The van der Waals surface area contributed by atoms with Crippen LogP contribution in [0.1, 0.15) is 18.2 Å². The molecule has 0 unspecified atom stereocenters. The first kappa shape index (κ1) is 12.0. The predicted octanol–water partition coefficient (Wildman–Crippen LogP) is 2.37. The van der Waals surface area contributed by atoms with Gasteiger partial charge in [0.05, 0.1) is 12.2 Å². The molecule has 1 heterocycles. The molecule has 0 atom stereocenters. The van der Waals surface area contributed by atoms with Gasteiger partial charge in [0, 0.05) is 4.47 Å². The van der Waals surface area contributed by atoms with Gasteiger partial charge < -0.3 is 5.73 Å². The number of benzene rings is 1. The Labute approximate surface area is 107 Å². The molecule has 0 aliphatic carbocycles. The van der Waals surface area contributed by atoms with Gasteiger partial charge in [0.1, 0.15) is 5.82 Å². The van der Waals surface area contributed by atoms with Crippen LogP contribution in [-0.2, 0) is 13.0 Å². The SMILES string of the molecule is CCc1c(N)nnn1Cc1ccc(F)cc1Br. The van der Waals surface area contributed by atoms with E-state index in [1.54, 1.807) is 10.7 Å². The fourth-order valence-electron chi connectivity index (χ4n) is 1.65. The summed E-state index contributed by atoms with van der Waals surface area (Å²) in [4.78, 5) is 0. The lowest BCUT2D eigenvalue weighted by Crippen LogP contribution is -2.07. The summed E-state index contributed by atoms with van der Waals surface area (Å²) in [7, 11) is 0. The number of hydrogen-bond donors (Lipinski definition) is 1. The standard InChI is InChI=1S/C11H12BrFN4/c1-2-10-11(14)15-16-17(10)6-7-3-4-8(13)5-9(7)12/h3-5H,2,6,14H2,1H3. The maximum Gasteiger partial charge on any atom is 0.169 e. The second kappa shape index (κ2) is 4.83. The molecule has 0 aliphatic heterocycles. The van der Waals surface area contributed by atoms with E-state index in [4.69, 9.17) is 5.73 Å². The van der Waals surface area contributed by atoms with Crippen molar-refractivity contribution >= 4 is 21.7 Å². The fraction of sp³-hybridized carbons (Fsp3) is 0.273. The van der Waals surface area contributed by atoms with Gasteiger partial charge in [-0.1, -0.05) is 34.1 Å². The molecular formula is C11H12BrFN4. The van der Waals surface area contributed by atoms with Crippen LogP contribution < -0.4 is 5.73 Å². The molecule has 0 amide bonds. The van der Waals surface area contributed by atoms with Crippen LogP contribution in [0.4, 0.5) is 10.2 Å². The van der Waals surface area contributed by atoms with Crippen LogP contribution in [-0.4, -0.2) is 15.0 Å². The molecule has 4 nitrogen and oxygen atoms in total. The van der Waals surface area contributed by atoms with E-state index < -0.39 is 0 Å². The Morgan fingerprint density at radius 3 is 2.88 bits per heavy atom. The van der Waals surface area contributed by atoms with Crippen molar-refractivity contribution in [1.82, 2.24) is 15.0 Å². The number of hydrogen-bond acceptors (Lipinski definition) is 3. The zero-order chi connectivity index (χ0) is 12.4. The highest BCUT2D eigenvalue weighted by Gasteiger charge is 2.10. The summed E-state index contributed by atoms with van der Waals surface area (Å²) < 4.78 is 15.4. The molecular weight excluding hydrogens is 287 g/mol. The highest BCUT2D eigenvalue weighted by atomic mass is 79.9. The lowest BCUT2D eigenvalue weighted by Gasteiger charge is -2.07. The molecule has 90 valence electrons. The van der Waals surface area contributed by atoms with Gasteiger partial charge in [0.2, 0.25) is 0 Å². The van der Waals surface area contributed by atoms with E-state index >= 15 is 0 Å². The summed E-state index contributed by atoms with van der Waals surface area (Å²) in [6, 6.07) is 4.57. The minimum absolute atomic E-state index is 0.269. The van der Waals surface area contributed by atoms with Crippen LogP contribution in [0.3, 0.4) is 0 Å². The molecule has 6 heteroatoms. The largest absolute Gasteiger partial charge is 0.381 e. The summed E-state index contributed by atoms with van der Waals surface area (Å²) in [6.07, 6.45) is 0.762. The van der Waals surface area contributed by atoms with Crippen molar-refractivity contribution in [1.29, 1.82) is 0 Å². The molecule has 2 N–H and O–H groups in total. The first-order valence-corrected chi connectivity index (χ1v) is 6.03. The third-order valence-corrected chi connectivity index (χ3v) is 3.28. The molecule has 0 spiro atoms. The average Bonchev–Trinajstić information content (AvgIpc) is 2.63. The van der Waals surface area contributed by atoms with Crippen LogP contribution in [0.25, 0.3) is 0 Å². The molecule has 0 saturated heterocycles. The van der Waals surface area contributed by atoms with E-state index in [0.29, 0.717) is 16.8 Å². The van der Waals surface area contributed by atoms with Crippen LogP contribution in [0.2, 0.25) is 0 Å². The molecule has 0 bridgehead atoms. The third-order valence-electron chi connectivity index (χ3n) is 2.54. The van der Waals surface area contributed by atoms with Crippen LogP contribution in [0.5, 0.6) is 0 Å². The number of nitrogens with two attached hydrogens (primary N) is 1. The molecule has 0 fully saturated rings. The van der Waals surface area contributed by atoms with Crippen molar-refractivity contribution in [3.05, 3.63) is 39.7 Å². The Morgan fingerprint density at radius 2 is 2.24 bits per heavy atom. The first-order chi connectivity index (χ1) is 8.11. The molecule has 17 heavy (non-hydrogen) atoms. The topological polar surface area (TPSA) is 56.7 Å². The van der Waals surface area contributed by atoms with E-state index in [1.165, 1.54) is 12.1 Å². The number of nitrogen functional groups attached to an aromatic ring is 1. The van der Waals surface area contributed by atoms with Gasteiger partial charge in [-0.25, -0.2) is 9.07 Å². The van der Waals surface area contributed by atoms with Crippen molar-refractivity contribution in [2.75, 3.05) is 5.73 Å². The Morgan fingerprint density at radius 1 is 1.47 bits per heavy atom. The fourth-order valence-corrected chi connectivity index (χ4v) is 2.12. The molecule has 2 rings (SSSR count). The van der Waals surface area contributed by atoms with Gasteiger partial charge >= 0.3 is 0 Å². The van der Waals surface area contributed by atoms with Crippen molar-refractivity contribution in [2.45, 2.75) is 19.9 Å². The Balaban J connectivity index is 2.31. The number of aromatic nitrogens is 3. The molecule has 0 radical (unpaired) electrons. The van der Waals surface area contributed by atoms with Gasteiger partial charge in [-0.15, -0.1) is 5.10 Å². The van der Waals surface area contributed by atoms with Crippen molar-refractivity contribution < 1.29 is 4.39 Å². The smallest absolute Gasteiger partial charge is 0.169 e. The molecule has 0 aliphatic rings. The first-order valence-electron chi connectivity index (χ1n) is 5.23. The van der Waals surface area contributed by atoms with Gasteiger partial charge in [-0.05, 0) is 24.1 Å². The second-order valence-electron chi connectivity index (χ2n) is 3.67. The summed E-state index contributed by atoms with van der Waals surface area (Å²) in [5, 5.41) is 7.80. The lowest BCUT2D eigenvalue weighted by molar-refractivity contribution is 0.610. The average molecular weight is 299 g/mol. The molecule has 0 saturated carbocycles. The number of nitrogens with zero attached hydrogens (tertiary/aromatic N) is 3. The molecule has 1 aromatic heterocycles. The van der Waals surface area contributed by atoms with Crippen LogP contribution in [0, 0.1) is 5.82 Å². The van der Waals surface area contributed by atoms with Crippen LogP contribution >= 0.6 is 15.9 Å². The van der Waals surface area contributed by atoms with Crippen molar-refractivity contribution in [3.8, 4) is 0 Å². The summed E-state index contributed by atoms with van der Waals surface area (Å²) in [5.41, 5.74) is 7.53. The van der Waals surface area contributed by atoms with Gasteiger partial charge in [0.15, 0.2) is 5.82 Å². The number of anilines is 1. The highest BCUT2D eigenvalue weighted by Crippen LogP contribution is 2.20. The monoisotopic (exact) mass is 298 g/mol. The summed E-state index contributed by atoms with van der Waals surface area (Å²) in [5.74, 6) is 0.181. The number of halogens is 2. The third kappa shape index (κ3) is 2.46. The minimum Gasteiger partial charge on any atom is -0.381 e. The minimum atomic E-state index is -0.269. The predicted molar refractivity (Wildman–Crippen MR) is 67.0 cm³/mol. The van der Waals surface area contributed by atoms with E-state index in [0.717, 1.165) is 17.7 Å². The van der Waals surface area contributed by atoms with E-state index in [9.17, 15) is 4.39 Å². The van der Waals surface area contributed by atoms with Gasteiger partial charge in [-0.3, -0.25) is 0 Å². The zero-order valence-electron chi connectivity index (χ0n) is 9.32. The summed E-state index contributed by atoms with van der Waals surface area (Å²) >= 11 is 3.33. The summed E-state index contributed by atoms with van der Waals surface area (Å²) in [6.45, 7) is 2.51. The van der Waals surface area contributed by atoms with Crippen molar-refractivity contribution in [2.24, 2.45) is 0 Å².